The van der Waals surface area contributed by atoms with Gasteiger partial charge in [0.05, 0.1) is 0 Å². The van der Waals surface area contributed by atoms with Crippen LogP contribution in [0.15, 0.2) is 54.6 Å². The molecule has 0 spiro atoms. The number of rotatable bonds is 1. The second-order valence-electron chi connectivity index (χ2n) is 6.13. The second-order valence-corrected chi connectivity index (χ2v) is 6.13. The van der Waals surface area contributed by atoms with E-state index in [0.29, 0.717) is 12.0 Å². The lowest BCUT2D eigenvalue weighted by atomic mass is 9.97. The van der Waals surface area contributed by atoms with Crippen molar-refractivity contribution in [2.24, 2.45) is 0 Å². The molecule has 1 heteroatoms. The first-order chi connectivity index (χ1) is 10.2. The minimum atomic E-state index is 0.425. The zero-order valence-corrected chi connectivity index (χ0v) is 13.1. The Morgan fingerprint density at radius 3 is 2.52 bits per heavy atom. The van der Waals surface area contributed by atoms with Gasteiger partial charge in [0.2, 0.25) is 0 Å². The number of anilines is 1. The van der Waals surface area contributed by atoms with Crippen molar-refractivity contribution in [2.45, 2.75) is 39.3 Å². The minimum absolute atomic E-state index is 0.425. The number of benzene rings is 2. The fourth-order valence-electron chi connectivity index (χ4n) is 3.06. The third-order valence-corrected chi connectivity index (χ3v) is 4.32. The molecule has 0 bridgehead atoms. The van der Waals surface area contributed by atoms with Gasteiger partial charge in [-0.05, 0) is 36.6 Å². The summed E-state index contributed by atoms with van der Waals surface area (Å²) in [4.78, 5) is 2.51. The Labute approximate surface area is 127 Å². The number of hydrogen-bond donors (Lipinski definition) is 0. The van der Waals surface area contributed by atoms with E-state index in [1.807, 2.05) is 0 Å². The molecule has 108 valence electrons. The van der Waals surface area contributed by atoms with Crippen molar-refractivity contribution < 1.29 is 0 Å². The highest BCUT2D eigenvalue weighted by Gasteiger charge is 2.19. The molecule has 0 saturated carbocycles. The van der Waals surface area contributed by atoms with Gasteiger partial charge in [-0.3, -0.25) is 0 Å². The van der Waals surface area contributed by atoms with Crippen LogP contribution in [0.25, 0.3) is 6.08 Å². The summed E-state index contributed by atoms with van der Waals surface area (Å²) in [5.41, 5.74) is 5.51. The van der Waals surface area contributed by atoms with Gasteiger partial charge in [-0.25, -0.2) is 0 Å². The summed E-state index contributed by atoms with van der Waals surface area (Å²) in [5.74, 6) is 0.425. The molecule has 0 amide bonds. The lowest BCUT2D eigenvalue weighted by molar-refractivity contribution is 0.677. The summed E-state index contributed by atoms with van der Waals surface area (Å²) < 4.78 is 0. The van der Waals surface area contributed by atoms with Gasteiger partial charge >= 0.3 is 0 Å². The van der Waals surface area contributed by atoms with Crippen molar-refractivity contribution >= 4 is 11.8 Å². The lowest BCUT2D eigenvalue weighted by Gasteiger charge is -2.32. The molecule has 0 N–H and O–H groups in total. The summed E-state index contributed by atoms with van der Waals surface area (Å²) in [6.45, 7) is 7.79. The predicted molar refractivity (Wildman–Crippen MR) is 91.7 cm³/mol. The number of fused-ring (bicyclic) bond motifs is 2. The molecule has 1 heterocycles. The molecular weight excluding hydrogens is 254 g/mol. The maximum Gasteiger partial charge on any atom is 0.0438 e. The SMILES string of the molecule is CC1/C=C\c2ccccc2CN(C(C)C)c2ccccc21. The van der Waals surface area contributed by atoms with E-state index in [2.05, 4.69) is 86.4 Å². The Kier molecular flexibility index (Phi) is 3.83. The first-order valence-electron chi connectivity index (χ1n) is 7.78. The normalized spacial score (nSPS) is 19.2. The van der Waals surface area contributed by atoms with Crippen LogP contribution in [0.1, 0.15) is 43.4 Å². The third kappa shape index (κ3) is 2.73. The van der Waals surface area contributed by atoms with Gasteiger partial charge in [-0.1, -0.05) is 61.5 Å². The van der Waals surface area contributed by atoms with Gasteiger partial charge < -0.3 is 4.90 Å². The summed E-state index contributed by atoms with van der Waals surface area (Å²) >= 11 is 0. The van der Waals surface area contributed by atoms with Gasteiger partial charge in [0.1, 0.15) is 0 Å². The van der Waals surface area contributed by atoms with E-state index in [1.165, 1.54) is 22.4 Å². The largest absolute Gasteiger partial charge is 0.365 e. The molecule has 1 aliphatic rings. The number of allylic oxidation sites excluding steroid dienone is 1. The maximum absolute atomic E-state index is 2.51. The van der Waals surface area contributed by atoms with E-state index < -0.39 is 0 Å². The van der Waals surface area contributed by atoms with Crippen LogP contribution in [0, 0.1) is 0 Å². The highest BCUT2D eigenvalue weighted by molar-refractivity contribution is 5.63. The highest BCUT2D eigenvalue weighted by atomic mass is 15.2. The fourth-order valence-corrected chi connectivity index (χ4v) is 3.06. The van der Waals surface area contributed by atoms with E-state index in [-0.39, 0.29) is 0 Å². The summed E-state index contributed by atoms with van der Waals surface area (Å²) in [7, 11) is 0. The monoisotopic (exact) mass is 277 g/mol. The Morgan fingerprint density at radius 1 is 1.00 bits per heavy atom. The molecule has 0 fully saturated rings. The summed E-state index contributed by atoms with van der Waals surface area (Å²) in [6, 6.07) is 18.0. The van der Waals surface area contributed by atoms with Crippen LogP contribution < -0.4 is 4.90 Å². The average Bonchev–Trinajstić information content (AvgIpc) is 2.56. The molecule has 1 aliphatic heterocycles. The predicted octanol–water partition coefficient (Wildman–Crippen LogP) is 5.23. The lowest BCUT2D eigenvalue weighted by Crippen LogP contribution is -2.31. The quantitative estimate of drug-likeness (QED) is 0.689. The molecular formula is C20H23N. The topological polar surface area (TPSA) is 3.24 Å². The van der Waals surface area contributed by atoms with E-state index in [1.54, 1.807) is 0 Å². The van der Waals surface area contributed by atoms with E-state index in [9.17, 15) is 0 Å². The van der Waals surface area contributed by atoms with Gasteiger partial charge in [-0.15, -0.1) is 0 Å². The van der Waals surface area contributed by atoms with Crippen LogP contribution in [0.2, 0.25) is 0 Å². The van der Waals surface area contributed by atoms with Gasteiger partial charge in [0, 0.05) is 24.2 Å². The zero-order chi connectivity index (χ0) is 14.8. The van der Waals surface area contributed by atoms with Crippen LogP contribution in [-0.2, 0) is 6.54 Å². The molecule has 2 aromatic carbocycles. The minimum Gasteiger partial charge on any atom is -0.365 e. The molecule has 1 atom stereocenters. The molecule has 0 saturated heterocycles. The molecule has 21 heavy (non-hydrogen) atoms. The van der Waals surface area contributed by atoms with Gasteiger partial charge in [0.15, 0.2) is 0 Å². The average molecular weight is 277 g/mol. The van der Waals surface area contributed by atoms with Gasteiger partial charge in [0.25, 0.3) is 0 Å². The molecule has 0 aromatic heterocycles. The van der Waals surface area contributed by atoms with Crippen LogP contribution in [-0.4, -0.2) is 6.04 Å². The molecule has 2 aromatic rings. The molecule has 0 aliphatic carbocycles. The van der Waals surface area contributed by atoms with Crippen LogP contribution in [0.5, 0.6) is 0 Å². The molecule has 3 rings (SSSR count). The summed E-state index contributed by atoms with van der Waals surface area (Å²) in [5, 5.41) is 0. The Bertz CT molecular complexity index is 654. The van der Waals surface area contributed by atoms with Crippen LogP contribution in [0.3, 0.4) is 0 Å². The molecule has 1 unspecified atom stereocenters. The second kappa shape index (κ2) is 5.77. The van der Waals surface area contributed by atoms with Crippen molar-refractivity contribution in [2.75, 3.05) is 4.90 Å². The molecule has 0 radical (unpaired) electrons. The number of para-hydroxylation sites is 1. The van der Waals surface area contributed by atoms with Crippen molar-refractivity contribution in [3.05, 3.63) is 71.3 Å². The number of hydrogen-bond acceptors (Lipinski definition) is 1. The Hall–Kier alpha value is -2.02. The van der Waals surface area contributed by atoms with Crippen molar-refractivity contribution in [3.8, 4) is 0 Å². The Balaban J connectivity index is 2.17. The fraction of sp³-hybridized carbons (Fsp3) is 0.300. The first kappa shape index (κ1) is 13.9. The smallest absolute Gasteiger partial charge is 0.0438 e. The van der Waals surface area contributed by atoms with Crippen molar-refractivity contribution in [1.82, 2.24) is 0 Å². The number of nitrogens with zero attached hydrogens (tertiary/aromatic N) is 1. The first-order valence-corrected chi connectivity index (χ1v) is 7.78. The van der Waals surface area contributed by atoms with Crippen LogP contribution in [0.4, 0.5) is 5.69 Å². The third-order valence-electron chi connectivity index (χ3n) is 4.32. The van der Waals surface area contributed by atoms with E-state index in [0.717, 1.165) is 6.54 Å². The van der Waals surface area contributed by atoms with Crippen LogP contribution >= 0.6 is 0 Å². The van der Waals surface area contributed by atoms with E-state index in [4.69, 9.17) is 0 Å². The molecule has 1 nitrogen and oxygen atoms in total. The van der Waals surface area contributed by atoms with E-state index >= 15 is 0 Å². The maximum atomic E-state index is 2.51. The van der Waals surface area contributed by atoms with Gasteiger partial charge in [-0.2, -0.15) is 0 Å². The summed E-state index contributed by atoms with van der Waals surface area (Å²) in [6.07, 6.45) is 4.60. The van der Waals surface area contributed by atoms with Crippen molar-refractivity contribution in [1.29, 1.82) is 0 Å². The Morgan fingerprint density at radius 2 is 1.71 bits per heavy atom. The van der Waals surface area contributed by atoms with Crippen molar-refractivity contribution in [3.63, 3.8) is 0 Å². The zero-order valence-electron chi connectivity index (χ0n) is 13.1. The highest BCUT2D eigenvalue weighted by Crippen LogP contribution is 2.33. The standard InChI is InChI=1S/C20H23N/c1-15(2)21-14-18-9-5-4-8-17(18)13-12-16(3)19-10-6-7-11-20(19)21/h4-13,15-16H,14H2,1-3H3/b13-12-.